The molecule has 0 nitrogen and oxygen atoms in total. The second kappa shape index (κ2) is 4.85. The fourth-order valence-corrected chi connectivity index (χ4v) is 2.38. The van der Waals surface area contributed by atoms with E-state index in [-0.39, 0.29) is 16.5 Å². The van der Waals surface area contributed by atoms with E-state index in [1.54, 1.807) is 14.4 Å². The molecule has 0 radical (unpaired) electrons. The van der Waals surface area contributed by atoms with E-state index in [2.05, 4.69) is 48.6 Å². The maximum atomic E-state index is 2.24. The van der Waals surface area contributed by atoms with Gasteiger partial charge < -0.3 is 0 Å². The molecule has 70 valence electrons. The van der Waals surface area contributed by atoms with Crippen molar-refractivity contribution in [1.29, 1.82) is 0 Å². The van der Waals surface area contributed by atoms with Crippen molar-refractivity contribution in [2.75, 3.05) is 0 Å². The molecule has 0 amide bonds. The molecule has 0 unspecified atom stereocenters. The summed E-state index contributed by atoms with van der Waals surface area (Å²) >= 11 is 1.78. The Kier molecular flexibility index (Phi) is 4.05. The molecule has 0 aromatic heterocycles. The number of rotatable bonds is 2. The van der Waals surface area contributed by atoms with Crippen LogP contribution in [0.1, 0.15) is 0 Å². The summed E-state index contributed by atoms with van der Waals surface area (Å²) in [6, 6.07) is 0. The maximum absolute atomic E-state index is 2.24. The van der Waals surface area contributed by atoms with E-state index >= 15 is 0 Å². The van der Waals surface area contributed by atoms with Crippen LogP contribution in [0.2, 0.25) is 9.78 Å². The van der Waals surface area contributed by atoms with E-state index in [0.29, 0.717) is 9.78 Å². The molecular formula is C10H10Ni2. The fraction of sp³-hybridized carbons (Fsp3) is 0.200. The minimum atomic E-state index is 0. The van der Waals surface area contributed by atoms with Crippen molar-refractivity contribution in [3.8, 4) is 0 Å². The van der Waals surface area contributed by atoms with Crippen LogP contribution in [-0.4, -0.2) is 0 Å². The van der Waals surface area contributed by atoms with Crippen LogP contribution in [0, 0.1) is 0 Å². The average molecular weight is 248 g/mol. The standard InChI is InChI=1S/2C5H5.2Ni/c2*1-2-4-5-3-1;;/h2*1-5H;;. The Labute approximate surface area is 89.2 Å². The average Bonchev–Trinajstić information content (AvgIpc) is 2.60. The molecular weight excluding hydrogens is 237 g/mol. The van der Waals surface area contributed by atoms with Gasteiger partial charge in [0.2, 0.25) is 0 Å². The Balaban J connectivity index is 0.000000720. The van der Waals surface area contributed by atoms with Gasteiger partial charge in [0.1, 0.15) is 0 Å². The van der Waals surface area contributed by atoms with Gasteiger partial charge in [-0.3, -0.25) is 0 Å². The van der Waals surface area contributed by atoms with Crippen molar-refractivity contribution in [2.24, 2.45) is 0 Å². The summed E-state index contributed by atoms with van der Waals surface area (Å²) in [4.78, 5) is 1.22. The third-order valence-electron chi connectivity index (χ3n) is 1.60. The fourth-order valence-electron chi connectivity index (χ4n) is 1.06. The van der Waals surface area contributed by atoms with E-state index in [0.717, 1.165) is 0 Å². The summed E-state index contributed by atoms with van der Waals surface area (Å²) in [6.45, 7) is 0. The first kappa shape index (κ1) is 10.0. The van der Waals surface area contributed by atoms with Gasteiger partial charge in [0.05, 0.1) is 0 Å². The van der Waals surface area contributed by atoms with Crippen LogP contribution < -0.4 is 0 Å². The molecule has 0 saturated carbocycles. The zero-order valence-corrected chi connectivity index (χ0v) is 8.38. The third-order valence-corrected chi connectivity index (χ3v) is 3.12. The largest absolute Gasteiger partial charge is 0 e. The van der Waals surface area contributed by atoms with E-state index in [1.807, 2.05) is 0 Å². The van der Waals surface area contributed by atoms with Gasteiger partial charge in [0.15, 0.2) is 0 Å². The molecule has 0 N–H and O–H groups in total. The molecule has 0 aromatic carbocycles. The quantitative estimate of drug-likeness (QED) is 0.658. The molecule has 12 heavy (non-hydrogen) atoms. The second-order valence-corrected chi connectivity index (χ2v) is 4.10. The van der Waals surface area contributed by atoms with Crippen LogP contribution in [-0.2, 0) is 30.9 Å². The number of allylic oxidation sites excluding steroid dienone is 8. The Hall–Kier alpha value is -0.0530. The number of hydrogen-bond acceptors (Lipinski definition) is 0. The molecule has 0 aromatic rings. The Morgan fingerprint density at radius 3 is 1.33 bits per heavy atom. The first-order valence-electron chi connectivity index (χ1n) is 3.70. The molecule has 0 spiro atoms. The van der Waals surface area contributed by atoms with E-state index < -0.39 is 0 Å². The zero-order chi connectivity index (χ0) is 7.52. The molecule has 0 heterocycles. The van der Waals surface area contributed by atoms with Gasteiger partial charge in [0.25, 0.3) is 0 Å². The molecule has 2 aliphatic rings. The minimum absolute atomic E-state index is 0. The van der Waals surface area contributed by atoms with Gasteiger partial charge in [-0.15, -0.1) is 0 Å². The zero-order valence-electron chi connectivity index (χ0n) is 6.41. The van der Waals surface area contributed by atoms with E-state index in [1.165, 1.54) is 0 Å². The summed E-state index contributed by atoms with van der Waals surface area (Å²) in [5.74, 6) is 0. The molecule has 2 heteroatoms. The molecule has 0 bridgehead atoms. The molecule has 0 atom stereocenters. The maximum Gasteiger partial charge on any atom is 0 e. The Morgan fingerprint density at radius 2 is 1.00 bits per heavy atom. The Bertz CT molecular complexity index is 199. The summed E-state index contributed by atoms with van der Waals surface area (Å²) in [5, 5.41) is 0. The van der Waals surface area contributed by atoms with Gasteiger partial charge >= 0.3 is 72.8 Å². The summed E-state index contributed by atoms with van der Waals surface area (Å²) in [6.07, 6.45) is 17.4. The molecule has 0 aliphatic heterocycles. The first-order chi connectivity index (χ1) is 5.45. The molecule has 2 aliphatic carbocycles. The summed E-state index contributed by atoms with van der Waals surface area (Å²) in [5.41, 5.74) is 0. The minimum Gasteiger partial charge on any atom is 0 e. The SMILES string of the molecule is C1=C[CH]([Ni][CH]2C=CC=C2)C=C1.[Ni]. The Morgan fingerprint density at radius 1 is 0.667 bits per heavy atom. The van der Waals surface area contributed by atoms with Crippen LogP contribution in [0.15, 0.2) is 48.6 Å². The van der Waals surface area contributed by atoms with Crippen LogP contribution >= 0.6 is 0 Å². The van der Waals surface area contributed by atoms with E-state index in [4.69, 9.17) is 0 Å². The normalized spacial score (nSPS) is 21.0. The topological polar surface area (TPSA) is 0 Å². The third kappa shape index (κ3) is 2.47. The molecule has 0 fully saturated rings. The second-order valence-electron chi connectivity index (χ2n) is 2.45. The first-order valence-corrected chi connectivity index (χ1v) is 4.84. The van der Waals surface area contributed by atoms with Crippen LogP contribution in [0.3, 0.4) is 0 Å². The van der Waals surface area contributed by atoms with Gasteiger partial charge in [-0.2, -0.15) is 0 Å². The van der Waals surface area contributed by atoms with Gasteiger partial charge in [-0.05, 0) is 0 Å². The molecule has 2 rings (SSSR count). The summed E-state index contributed by atoms with van der Waals surface area (Å²) < 4.78 is 0. The van der Waals surface area contributed by atoms with Crippen molar-refractivity contribution in [1.82, 2.24) is 0 Å². The monoisotopic (exact) mass is 246 g/mol. The van der Waals surface area contributed by atoms with Gasteiger partial charge in [-0.1, -0.05) is 0 Å². The number of hydrogen-bond donors (Lipinski definition) is 0. The van der Waals surface area contributed by atoms with Crippen LogP contribution in [0.4, 0.5) is 0 Å². The van der Waals surface area contributed by atoms with Crippen molar-refractivity contribution < 1.29 is 30.9 Å². The van der Waals surface area contributed by atoms with Crippen molar-refractivity contribution in [3.05, 3.63) is 48.6 Å². The van der Waals surface area contributed by atoms with Crippen molar-refractivity contribution in [2.45, 2.75) is 9.78 Å². The van der Waals surface area contributed by atoms with E-state index in [9.17, 15) is 0 Å². The predicted octanol–water partition coefficient (Wildman–Crippen LogP) is 2.90. The van der Waals surface area contributed by atoms with Crippen molar-refractivity contribution >= 4 is 0 Å². The van der Waals surface area contributed by atoms with Crippen LogP contribution in [0.5, 0.6) is 0 Å². The van der Waals surface area contributed by atoms with Crippen molar-refractivity contribution in [3.63, 3.8) is 0 Å². The van der Waals surface area contributed by atoms with Crippen LogP contribution in [0.25, 0.3) is 0 Å². The predicted molar refractivity (Wildman–Crippen MR) is 44.1 cm³/mol. The van der Waals surface area contributed by atoms with Gasteiger partial charge in [0, 0.05) is 16.5 Å². The summed E-state index contributed by atoms with van der Waals surface area (Å²) in [7, 11) is 0. The molecule has 0 saturated heterocycles. The van der Waals surface area contributed by atoms with Gasteiger partial charge in [-0.25, -0.2) is 0 Å². The smallest absolute Gasteiger partial charge is 0 e.